The second kappa shape index (κ2) is 6.07. The Balaban J connectivity index is 2.07. The molecular weight excluding hydrogens is 307 g/mol. The van der Waals surface area contributed by atoms with E-state index in [1.807, 2.05) is 0 Å². The van der Waals surface area contributed by atoms with Crippen LogP contribution in [0.25, 0.3) is 0 Å². The Bertz CT molecular complexity index is 615. The molecule has 1 aromatic carbocycles. The number of carbonyl (C=O) groups is 1. The molecule has 1 fully saturated rings. The number of sulfonamides is 1. The Morgan fingerprint density at radius 2 is 2.00 bits per heavy atom. The van der Waals surface area contributed by atoms with Crippen LogP contribution in [-0.4, -0.2) is 38.9 Å². The van der Waals surface area contributed by atoms with Gasteiger partial charge in [0, 0.05) is 18.1 Å². The normalized spacial score (nSPS) is 15.6. The van der Waals surface area contributed by atoms with Gasteiger partial charge in [-0.15, -0.1) is 0 Å². The Kier molecular flexibility index (Phi) is 4.62. The minimum absolute atomic E-state index is 0.109. The lowest BCUT2D eigenvalue weighted by atomic mass is 10.3. The number of hydrogen-bond donors (Lipinski definition) is 1. The molecule has 0 saturated carbocycles. The fraction of sp³-hybridized carbons (Fsp3) is 0.417. The molecule has 0 spiro atoms. The first-order valence-electron chi connectivity index (χ1n) is 6.12. The van der Waals surface area contributed by atoms with E-state index in [0.29, 0.717) is 13.1 Å². The molecule has 0 atom stereocenters. The number of benzene rings is 1. The lowest BCUT2D eigenvalue weighted by Crippen LogP contribution is -2.38. The van der Waals surface area contributed by atoms with Crippen molar-refractivity contribution in [3.05, 3.63) is 29.0 Å². The molecule has 8 heteroatoms. The van der Waals surface area contributed by atoms with Crippen LogP contribution in [-0.2, 0) is 14.8 Å². The smallest absolute Gasteiger partial charge is 0.244 e. The molecule has 20 heavy (non-hydrogen) atoms. The van der Waals surface area contributed by atoms with Crippen LogP contribution in [0.4, 0.5) is 4.39 Å². The van der Waals surface area contributed by atoms with E-state index in [-0.39, 0.29) is 17.5 Å². The predicted octanol–water partition coefficient (Wildman–Crippen LogP) is 1.38. The highest BCUT2D eigenvalue weighted by Crippen LogP contribution is 2.19. The van der Waals surface area contributed by atoms with Gasteiger partial charge in [0.25, 0.3) is 0 Å². The minimum atomic E-state index is -4.10. The number of rotatable bonds is 4. The maximum atomic E-state index is 13.5. The summed E-state index contributed by atoms with van der Waals surface area (Å²) in [5.41, 5.74) is 0. The van der Waals surface area contributed by atoms with E-state index in [2.05, 4.69) is 4.72 Å². The Morgan fingerprint density at radius 3 is 2.65 bits per heavy atom. The molecule has 5 nitrogen and oxygen atoms in total. The fourth-order valence-corrected chi connectivity index (χ4v) is 3.31. The number of nitrogens with zero attached hydrogens (tertiary/aromatic N) is 1. The van der Waals surface area contributed by atoms with Crippen LogP contribution in [0.5, 0.6) is 0 Å². The van der Waals surface area contributed by atoms with Crippen molar-refractivity contribution in [1.29, 1.82) is 0 Å². The topological polar surface area (TPSA) is 66.5 Å². The number of halogens is 2. The zero-order valence-corrected chi connectivity index (χ0v) is 12.2. The molecule has 0 unspecified atom stereocenters. The van der Waals surface area contributed by atoms with Gasteiger partial charge in [0.1, 0.15) is 10.7 Å². The van der Waals surface area contributed by atoms with Gasteiger partial charge in [-0.25, -0.2) is 17.5 Å². The predicted molar refractivity (Wildman–Crippen MR) is 72.4 cm³/mol. The molecule has 1 heterocycles. The highest BCUT2D eigenvalue weighted by atomic mass is 35.5. The zero-order valence-electron chi connectivity index (χ0n) is 10.6. The zero-order chi connectivity index (χ0) is 14.8. The van der Waals surface area contributed by atoms with Gasteiger partial charge in [-0.05, 0) is 31.0 Å². The summed E-state index contributed by atoms with van der Waals surface area (Å²) in [5.74, 6) is -1.22. The average Bonchev–Trinajstić information content (AvgIpc) is 2.93. The van der Waals surface area contributed by atoms with E-state index >= 15 is 0 Å². The molecular formula is C12H14ClFN2O3S. The van der Waals surface area contributed by atoms with E-state index in [0.717, 1.165) is 25.0 Å². The van der Waals surface area contributed by atoms with Gasteiger partial charge in [0.05, 0.1) is 6.54 Å². The van der Waals surface area contributed by atoms with Crippen molar-refractivity contribution in [2.24, 2.45) is 0 Å². The monoisotopic (exact) mass is 320 g/mol. The van der Waals surface area contributed by atoms with Crippen molar-refractivity contribution in [3.63, 3.8) is 0 Å². The summed E-state index contributed by atoms with van der Waals surface area (Å²) in [7, 11) is -4.10. The van der Waals surface area contributed by atoms with Crippen LogP contribution in [0.1, 0.15) is 12.8 Å². The number of carbonyl (C=O) groups excluding carboxylic acids is 1. The van der Waals surface area contributed by atoms with Gasteiger partial charge < -0.3 is 4.90 Å². The quantitative estimate of drug-likeness (QED) is 0.911. The standard InChI is InChI=1S/C12H14ClFN2O3S/c13-9-3-4-10(14)11(7-9)20(18,19)15-8-12(17)16-5-1-2-6-16/h3-4,7,15H,1-2,5-6,8H2. The summed E-state index contributed by atoms with van der Waals surface area (Å²) in [6, 6.07) is 3.24. The number of nitrogens with one attached hydrogen (secondary N) is 1. The number of likely N-dealkylation sites (tertiary alicyclic amines) is 1. The molecule has 2 rings (SSSR count). The Hall–Kier alpha value is -1.18. The minimum Gasteiger partial charge on any atom is -0.342 e. The molecule has 1 aliphatic rings. The van der Waals surface area contributed by atoms with Crippen molar-refractivity contribution in [2.45, 2.75) is 17.7 Å². The largest absolute Gasteiger partial charge is 0.342 e. The maximum absolute atomic E-state index is 13.5. The third-order valence-electron chi connectivity index (χ3n) is 3.05. The fourth-order valence-electron chi connectivity index (χ4n) is 2.00. The third kappa shape index (κ3) is 3.47. The SMILES string of the molecule is O=C(CNS(=O)(=O)c1cc(Cl)ccc1F)N1CCCC1. The highest BCUT2D eigenvalue weighted by molar-refractivity contribution is 7.89. The van der Waals surface area contributed by atoms with Gasteiger partial charge >= 0.3 is 0 Å². The summed E-state index contributed by atoms with van der Waals surface area (Å²) in [6.07, 6.45) is 1.84. The van der Waals surface area contributed by atoms with Crippen LogP contribution in [0, 0.1) is 5.82 Å². The summed E-state index contributed by atoms with van der Waals surface area (Å²) in [4.78, 5) is 12.8. The average molecular weight is 321 g/mol. The van der Waals surface area contributed by atoms with Crippen LogP contribution in [0.2, 0.25) is 5.02 Å². The maximum Gasteiger partial charge on any atom is 0.244 e. The Morgan fingerprint density at radius 1 is 1.35 bits per heavy atom. The second-order valence-corrected chi connectivity index (χ2v) is 6.66. The van der Waals surface area contributed by atoms with Crippen LogP contribution < -0.4 is 4.72 Å². The van der Waals surface area contributed by atoms with Crippen molar-refractivity contribution in [3.8, 4) is 0 Å². The molecule has 1 amide bonds. The molecule has 110 valence electrons. The lowest BCUT2D eigenvalue weighted by Gasteiger charge is -2.15. The van der Waals surface area contributed by atoms with Gasteiger partial charge in [-0.2, -0.15) is 0 Å². The molecule has 1 saturated heterocycles. The Labute approximate surface area is 121 Å². The van der Waals surface area contributed by atoms with Crippen LogP contribution in [0.15, 0.2) is 23.1 Å². The van der Waals surface area contributed by atoms with Crippen molar-refractivity contribution >= 4 is 27.5 Å². The molecule has 0 bridgehead atoms. The molecule has 1 aromatic rings. The van der Waals surface area contributed by atoms with Gasteiger partial charge in [0.15, 0.2) is 0 Å². The number of amides is 1. The third-order valence-corrected chi connectivity index (χ3v) is 4.71. The van der Waals surface area contributed by atoms with Crippen LogP contribution >= 0.6 is 11.6 Å². The second-order valence-electron chi connectivity index (χ2n) is 4.49. The first-order chi connectivity index (χ1) is 9.40. The first-order valence-corrected chi connectivity index (χ1v) is 7.99. The number of hydrogen-bond acceptors (Lipinski definition) is 3. The molecule has 0 aromatic heterocycles. The summed E-state index contributed by atoms with van der Waals surface area (Å²) in [6.45, 7) is 0.881. The summed E-state index contributed by atoms with van der Waals surface area (Å²) >= 11 is 5.66. The van der Waals surface area contributed by atoms with Crippen molar-refractivity contribution in [1.82, 2.24) is 9.62 Å². The van der Waals surface area contributed by atoms with E-state index in [9.17, 15) is 17.6 Å². The van der Waals surface area contributed by atoms with E-state index < -0.39 is 20.7 Å². The van der Waals surface area contributed by atoms with Gasteiger partial charge in [-0.3, -0.25) is 4.79 Å². The first kappa shape index (κ1) is 15.2. The van der Waals surface area contributed by atoms with Crippen molar-refractivity contribution in [2.75, 3.05) is 19.6 Å². The van der Waals surface area contributed by atoms with E-state index in [1.54, 1.807) is 4.90 Å². The molecule has 1 N–H and O–H groups in total. The summed E-state index contributed by atoms with van der Waals surface area (Å²) < 4.78 is 39.5. The summed E-state index contributed by atoms with van der Waals surface area (Å²) in [5, 5.41) is 0.109. The lowest BCUT2D eigenvalue weighted by molar-refractivity contribution is -0.128. The van der Waals surface area contributed by atoms with E-state index in [1.165, 1.54) is 6.07 Å². The molecule has 0 aliphatic carbocycles. The van der Waals surface area contributed by atoms with Gasteiger partial charge in [-0.1, -0.05) is 11.6 Å². The van der Waals surface area contributed by atoms with Crippen molar-refractivity contribution < 1.29 is 17.6 Å². The molecule has 0 radical (unpaired) electrons. The molecule has 1 aliphatic heterocycles. The van der Waals surface area contributed by atoms with Gasteiger partial charge in [0.2, 0.25) is 15.9 Å². The van der Waals surface area contributed by atoms with E-state index in [4.69, 9.17) is 11.6 Å². The van der Waals surface area contributed by atoms with Crippen LogP contribution in [0.3, 0.4) is 0 Å². The highest BCUT2D eigenvalue weighted by Gasteiger charge is 2.23.